The number of nitrogens with zero attached hydrogens (tertiary/aromatic N) is 4. The summed E-state index contributed by atoms with van der Waals surface area (Å²) in [7, 11) is -0.628. The Kier molecular flexibility index (Phi) is 4.19. The fraction of sp³-hybridized carbons (Fsp3) is 0.353. The van der Waals surface area contributed by atoms with E-state index in [1.54, 1.807) is 24.3 Å². The lowest BCUT2D eigenvalue weighted by Crippen LogP contribution is -2.47. The molecule has 0 N–H and O–H groups in total. The second-order valence-electron chi connectivity index (χ2n) is 7.22. The molecule has 0 atom stereocenters. The molecule has 4 rings (SSSR count). The lowest BCUT2D eigenvalue weighted by molar-refractivity contribution is -0.140. The highest BCUT2D eigenvalue weighted by Gasteiger charge is 2.38. The molecule has 0 amide bonds. The van der Waals surface area contributed by atoms with Gasteiger partial charge >= 0.3 is 13.3 Å². The number of aromatic nitrogens is 4. The number of rotatable bonds is 2. The maximum Gasteiger partial charge on any atom is 0.493 e. The normalized spacial score (nSPS) is 17.4. The van der Waals surface area contributed by atoms with E-state index in [4.69, 9.17) is 9.31 Å². The highest BCUT2D eigenvalue weighted by Crippen LogP contribution is 2.34. The monoisotopic (exact) mass is 376 g/mol. The van der Waals surface area contributed by atoms with E-state index in [-0.39, 0.29) is 22.5 Å². The first-order valence-electron chi connectivity index (χ1n) is 8.35. The molecule has 0 aliphatic carbocycles. The average molecular weight is 376 g/mol. The van der Waals surface area contributed by atoms with Gasteiger partial charge in [0.2, 0.25) is 0 Å². The Balaban J connectivity index is 1.76. The summed E-state index contributed by atoms with van der Waals surface area (Å²) in [5.74, 6) is -0.108. The van der Waals surface area contributed by atoms with Gasteiger partial charge in [-0.3, -0.25) is 0 Å². The molecule has 1 fully saturated rings. The zero-order chi connectivity index (χ0) is 19.2. The van der Waals surface area contributed by atoms with Crippen molar-refractivity contribution in [2.24, 2.45) is 5.41 Å². The zero-order valence-corrected chi connectivity index (χ0v) is 14.7. The third-order valence-electron chi connectivity index (χ3n) is 4.20. The Hall–Kier alpha value is -2.46. The molecular formula is C17H16BF3N4O2. The summed E-state index contributed by atoms with van der Waals surface area (Å²) in [5, 5.41) is 4.07. The van der Waals surface area contributed by atoms with E-state index >= 15 is 0 Å². The van der Waals surface area contributed by atoms with Crippen LogP contribution in [-0.4, -0.2) is 39.9 Å². The maximum atomic E-state index is 13.5. The van der Waals surface area contributed by atoms with Gasteiger partial charge in [0, 0.05) is 30.4 Å². The smallest absolute Gasteiger partial charge is 0.407 e. The molecule has 0 bridgehead atoms. The predicted molar refractivity (Wildman–Crippen MR) is 92.3 cm³/mol. The standard InChI is InChI=1S/C17H16BF3N4O2/c1-16(2)9-26-18(27-10-16)12-5-3-4-11(8-12)13-14(17(19,20)21)23-15-22-6-7-25(15)24-13/h3-8H,9-10H2,1-2H3. The lowest BCUT2D eigenvalue weighted by Gasteiger charge is -2.33. The van der Waals surface area contributed by atoms with Crippen molar-refractivity contribution in [3.05, 3.63) is 42.4 Å². The molecule has 1 aromatic carbocycles. The molecule has 0 radical (unpaired) electrons. The molecule has 0 spiro atoms. The molecule has 1 aliphatic rings. The van der Waals surface area contributed by atoms with E-state index < -0.39 is 19.0 Å². The van der Waals surface area contributed by atoms with Crippen molar-refractivity contribution in [3.63, 3.8) is 0 Å². The van der Waals surface area contributed by atoms with Crippen LogP contribution in [0.25, 0.3) is 17.0 Å². The molecule has 2 aromatic heterocycles. The van der Waals surface area contributed by atoms with E-state index in [9.17, 15) is 13.2 Å². The Labute approximate surface area is 153 Å². The largest absolute Gasteiger partial charge is 0.493 e. The van der Waals surface area contributed by atoms with Gasteiger partial charge in [-0.15, -0.1) is 0 Å². The van der Waals surface area contributed by atoms with Crippen LogP contribution in [0.15, 0.2) is 36.7 Å². The summed E-state index contributed by atoms with van der Waals surface area (Å²) in [4.78, 5) is 7.43. The first-order valence-corrected chi connectivity index (χ1v) is 8.35. The van der Waals surface area contributed by atoms with E-state index in [2.05, 4.69) is 15.1 Å². The van der Waals surface area contributed by atoms with Crippen LogP contribution in [0.2, 0.25) is 0 Å². The van der Waals surface area contributed by atoms with Gasteiger partial charge in [-0.2, -0.15) is 18.3 Å². The Morgan fingerprint density at radius 2 is 1.93 bits per heavy atom. The highest BCUT2D eigenvalue weighted by atomic mass is 19.4. The highest BCUT2D eigenvalue weighted by molar-refractivity contribution is 6.61. The van der Waals surface area contributed by atoms with E-state index in [1.807, 2.05) is 13.8 Å². The van der Waals surface area contributed by atoms with Crippen LogP contribution in [0, 0.1) is 5.41 Å². The summed E-state index contributed by atoms with van der Waals surface area (Å²) in [6, 6.07) is 6.54. The Morgan fingerprint density at radius 1 is 1.19 bits per heavy atom. The number of hydrogen-bond acceptors (Lipinski definition) is 5. The van der Waals surface area contributed by atoms with Gasteiger partial charge in [0.05, 0.1) is 6.20 Å². The average Bonchev–Trinajstić information content (AvgIpc) is 3.07. The molecule has 0 unspecified atom stereocenters. The number of imidazole rings is 1. The first-order chi connectivity index (χ1) is 12.7. The number of halogens is 3. The van der Waals surface area contributed by atoms with Crippen LogP contribution >= 0.6 is 0 Å². The topological polar surface area (TPSA) is 61.5 Å². The number of benzene rings is 1. The number of alkyl halides is 3. The van der Waals surface area contributed by atoms with Gasteiger partial charge in [0.15, 0.2) is 5.69 Å². The van der Waals surface area contributed by atoms with Crippen LogP contribution in [0.1, 0.15) is 19.5 Å². The third-order valence-corrected chi connectivity index (χ3v) is 4.20. The fourth-order valence-electron chi connectivity index (χ4n) is 2.86. The Bertz CT molecular complexity index is 980. The molecule has 6 nitrogen and oxygen atoms in total. The molecular weight excluding hydrogens is 360 g/mol. The number of fused-ring (bicyclic) bond motifs is 1. The van der Waals surface area contributed by atoms with E-state index in [1.165, 1.54) is 16.9 Å². The maximum absolute atomic E-state index is 13.5. The van der Waals surface area contributed by atoms with E-state index in [0.29, 0.717) is 18.7 Å². The molecule has 10 heteroatoms. The van der Waals surface area contributed by atoms with Crippen molar-refractivity contribution in [1.82, 2.24) is 19.6 Å². The summed E-state index contributed by atoms with van der Waals surface area (Å²) < 4.78 is 53.2. The summed E-state index contributed by atoms with van der Waals surface area (Å²) >= 11 is 0. The van der Waals surface area contributed by atoms with Gasteiger partial charge in [0.25, 0.3) is 5.78 Å². The van der Waals surface area contributed by atoms with Crippen LogP contribution in [-0.2, 0) is 15.5 Å². The number of hydrogen-bond donors (Lipinski definition) is 0. The third kappa shape index (κ3) is 3.54. The SMILES string of the molecule is CC1(C)COB(c2cccc(-c3nn4ccnc4nc3C(F)(F)F)c2)OC1. The molecule has 1 saturated heterocycles. The first kappa shape index (κ1) is 17.9. The van der Waals surface area contributed by atoms with Crippen molar-refractivity contribution < 1.29 is 22.5 Å². The van der Waals surface area contributed by atoms with Crippen molar-refractivity contribution in [2.45, 2.75) is 20.0 Å². The van der Waals surface area contributed by atoms with E-state index in [0.717, 1.165) is 0 Å². The van der Waals surface area contributed by atoms with Gasteiger partial charge in [-0.05, 0) is 5.46 Å². The summed E-state index contributed by atoms with van der Waals surface area (Å²) in [6.07, 6.45) is -1.86. The van der Waals surface area contributed by atoms with Crippen molar-refractivity contribution in [2.75, 3.05) is 13.2 Å². The van der Waals surface area contributed by atoms with Crippen LogP contribution in [0.4, 0.5) is 13.2 Å². The van der Waals surface area contributed by atoms with Crippen LogP contribution < -0.4 is 5.46 Å². The molecule has 140 valence electrons. The summed E-state index contributed by atoms with van der Waals surface area (Å²) in [6.45, 7) is 5.03. The van der Waals surface area contributed by atoms with Crippen LogP contribution in [0.5, 0.6) is 0 Å². The quantitative estimate of drug-likeness (QED) is 0.644. The minimum absolute atomic E-state index is 0.102. The molecule has 3 aromatic rings. The fourth-order valence-corrected chi connectivity index (χ4v) is 2.86. The lowest BCUT2D eigenvalue weighted by atomic mass is 9.75. The van der Waals surface area contributed by atoms with Gasteiger partial charge in [-0.1, -0.05) is 38.1 Å². The zero-order valence-electron chi connectivity index (χ0n) is 14.7. The minimum atomic E-state index is -4.66. The molecule has 0 saturated carbocycles. The van der Waals surface area contributed by atoms with Gasteiger partial charge in [-0.25, -0.2) is 14.5 Å². The van der Waals surface area contributed by atoms with Gasteiger partial charge < -0.3 is 9.31 Å². The summed E-state index contributed by atoms with van der Waals surface area (Å²) in [5.41, 5.74) is -0.547. The van der Waals surface area contributed by atoms with Crippen molar-refractivity contribution >= 4 is 18.4 Å². The second-order valence-corrected chi connectivity index (χ2v) is 7.22. The Morgan fingerprint density at radius 3 is 2.63 bits per heavy atom. The molecule has 1 aliphatic heterocycles. The predicted octanol–water partition coefficient (Wildman–Crippen LogP) is 2.58. The van der Waals surface area contributed by atoms with Crippen molar-refractivity contribution in [3.8, 4) is 11.3 Å². The minimum Gasteiger partial charge on any atom is -0.407 e. The molecule has 3 heterocycles. The van der Waals surface area contributed by atoms with Gasteiger partial charge in [0.1, 0.15) is 5.69 Å². The molecule has 27 heavy (non-hydrogen) atoms. The van der Waals surface area contributed by atoms with Crippen molar-refractivity contribution in [1.29, 1.82) is 0 Å². The van der Waals surface area contributed by atoms with Crippen LogP contribution in [0.3, 0.4) is 0 Å². The second kappa shape index (κ2) is 6.31.